The third-order valence-electron chi connectivity index (χ3n) is 4.67. The molecule has 1 saturated heterocycles. The molecule has 152 valence electrons. The van der Waals surface area contributed by atoms with Crippen LogP contribution in [0.2, 0.25) is 5.02 Å². The second-order valence-corrected chi connectivity index (χ2v) is 8.60. The van der Waals surface area contributed by atoms with Gasteiger partial charge in [-0.25, -0.2) is 9.78 Å². The second kappa shape index (κ2) is 8.49. The van der Waals surface area contributed by atoms with Crippen LogP contribution >= 0.6 is 11.6 Å². The molecule has 1 aliphatic heterocycles. The second-order valence-electron chi connectivity index (χ2n) is 8.16. The number of ether oxygens (including phenoxy) is 1. The normalized spacial score (nSPS) is 18.2. The Morgan fingerprint density at radius 2 is 2.14 bits per heavy atom. The molecule has 0 radical (unpaired) electrons. The van der Waals surface area contributed by atoms with Crippen molar-refractivity contribution in [2.24, 2.45) is 0 Å². The van der Waals surface area contributed by atoms with Gasteiger partial charge in [0.25, 0.3) is 5.56 Å². The highest BCUT2D eigenvalue weighted by Crippen LogP contribution is 2.19. The molecule has 1 unspecified atom stereocenters. The average Bonchev–Trinajstić information content (AvgIpc) is 2.60. The van der Waals surface area contributed by atoms with Gasteiger partial charge < -0.3 is 10.1 Å². The summed E-state index contributed by atoms with van der Waals surface area (Å²) in [6, 6.07) is 5.20. The molecular weight excluding hydrogens is 380 g/mol. The number of amides is 1. The lowest BCUT2D eigenvalue weighted by Gasteiger charge is -2.35. The van der Waals surface area contributed by atoms with Gasteiger partial charge in [0, 0.05) is 31.4 Å². The van der Waals surface area contributed by atoms with Gasteiger partial charge in [-0.1, -0.05) is 18.0 Å². The van der Waals surface area contributed by atoms with Crippen LogP contribution in [0.1, 0.15) is 45.7 Å². The summed E-state index contributed by atoms with van der Waals surface area (Å²) >= 11 is 5.97. The van der Waals surface area contributed by atoms with Gasteiger partial charge in [0.1, 0.15) is 11.2 Å². The first-order valence-electron chi connectivity index (χ1n) is 9.60. The molecule has 0 bridgehead atoms. The van der Waals surface area contributed by atoms with Crippen LogP contribution < -0.4 is 10.9 Å². The fourth-order valence-electron chi connectivity index (χ4n) is 3.43. The summed E-state index contributed by atoms with van der Waals surface area (Å²) in [6.45, 7) is 7.51. The summed E-state index contributed by atoms with van der Waals surface area (Å²) in [5, 5.41) is 3.36. The predicted molar refractivity (Wildman–Crippen MR) is 109 cm³/mol. The highest BCUT2D eigenvalue weighted by atomic mass is 35.5. The number of piperidine rings is 1. The number of alkyl carbamates (subject to hydrolysis) is 1. The number of halogens is 1. The highest BCUT2D eigenvalue weighted by molar-refractivity contribution is 6.30. The van der Waals surface area contributed by atoms with E-state index >= 15 is 0 Å². The number of likely N-dealkylation sites (tertiary alicyclic amines) is 1. The Hall–Kier alpha value is -2.12. The lowest BCUT2D eigenvalue weighted by molar-refractivity contribution is 0.0491. The van der Waals surface area contributed by atoms with Crippen molar-refractivity contribution in [1.82, 2.24) is 19.6 Å². The maximum atomic E-state index is 12.4. The van der Waals surface area contributed by atoms with E-state index in [1.165, 1.54) is 4.40 Å². The number of carbonyl (C=O) groups excluding carboxylic acids is 1. The molecule has 1 atom stereocenters. The van der Waals surface area contributed by atoms with Crippen LogP contribution in [0.4, 0.5) is 4.79 Å². The predicted octanol–water partition coefficient (Wildman–Crippen LogP) is 3.23. The molecule has 1 aliphatic rings. The minimum atomic E-state index is -0.517. The standard InChI is InChI=1S/C20H27ClN4O3/c1-20(2,3)28-19(27)22-11-16-6-4-5-9-24(16)13-15-10-18(26)25-12-14(21)7-8-17(25)23-15/h7-8,10,12,16H,4-6,9,11,13H2,1-3H3,(H,22,27). The van der Waals surface area contributed by atoms with E-state index in [9.17, 15) is 9.59 Å². The van der Waals surface area contributed by atoms with Crippen LogP contribution in [0, 0.1) is 0 Å². The minimum Gasteiger partial charge on any atom is -0.444 e. The van der Waals surface area contributed by atoms with Crippen molar-refractivity contribution in [2.45, 2.75) is 58.2 Å². The monoisotopic (exact) mass is 406 g/mol. The lowest BCUT2D eigenvalue weighted by atomic mass is 10.0. The van der Waals surface area contributed by atoms with Crippen LogP contribution in [0.15, 0.2) is 29.2 Å². The maximum absolute atomic E-state index is 12.4. The van der Waals surface area contributed by atoms with Gasteiger partial charge in [-0.05, 0) is 52.3 Å². The summed E-state index contributed by atoms with van der Waals surface area (Å²) in [5.41, 5.74) is 0.628. The molecule has 7 nitrogen and oxygen atoms in total. The first kappa shape index (κ1) is 20.6. The maximum Gasteiger partial charge on any atom is 0.407 e. The zero-order chi connectivity index (χ0) is 20.3. The van der Waals surface area contributed by atoms with Crippen molar-refractivity contribution >= 4 is 23.3 Å². The highest BCUT2D eigenvalue weighted by Gasteiger charge is 2.25. The largest absolute Gasteiger partial charge is 0.444 e. The molecule has 1 N–H and O–H groups in total. The number of hydrogen-bond donors (Lipinski definition) is 1. The summed E-state index contributed by atoms with van der Waals surface area (Å²) in [6.07, 6.45) is 4.36. The van der Waals surface area contributed by atoms with Gasteiger partial charge in [0.05, 0.1) is 10.7 Å². The Labute approximate surface area is 169 Å². The molecule has 0 saturated carbocycles. The summed E-state index contributed by atoms with van der Waals surface area (Å²) in [5.74, 6) is 0. The Morgan fingerprint density at radius 1 is 1.36 bits per heavy atom. The SMILES string of the molecule is CC(C)(C)OC(=O)NCC1CCCCN1Cc1cc(=O)n2cc(Cl)ccc2n1. The Kier molecular flexibility index (Phi) is 6.25. The van der Waals surface area contributed by atoms with Gasteiger partial charge in [-0.3, -0.25) is 14.1 Å². The quantitative estimate of drug-likeness (QED) is 0.843. The van der Waals surface area contributed by atoms with Crippen molar-refractivity contribution in [1.29, 1.82) is 0 Å². The van der Waals surface area contributed by atoms with Crippen molar-refractivity contribution in [2.75, 3.05) is 13.1 Å². The Morgan fingerprint density at radius 3 is 2.89 bits per heavy atom. The first-order chi connectivity index (χ1) is 13.2. The van der Waals surface area contributed by atoms with Gasteiger partial charge >= 0.3 is 6.09 Å². The van der Waals surface area contributed by atoms with E-state index in [0.717, 1.165) is 31.5 Å². The summed E-state index contributed by atoms with van der Waals surface area (Å²) in [4.78, 5) is 31.2. The smallest absolute Gasteiger partial charge is 0.407 e. The zero-order valence-electron chi connectivity index (χ0n) is 16.6. The third kappa shape index (κ3) is 5.45. The molecule has 2 aromatic rings. The van der Waals surface area contributed by atoms with Gasteiger partial charge in [-0.15, -0.1) is 0 Å². The van der Waals surface area contributed by atoms with E-state index in [1.54, 1.807) is 24.4 Å². The lowest BCUT2D eigenvalue weighted by Crippen LogP contribution is -2.47. The number of hydrogen-bond acceptors (Lipinski definition) is 5. The molecule has 1 fully saturated rings. The number of pyridine rings is 1. The number of aromatic nitrogens is 2. The van der Waals surface area contributed by atoms with Crippen LogP contribution in [0.25, 0.3) is 5.65 Å². The molecule has 8 heteroatoms. The van der Waals surface area contributed by atoms with Crippen molar-refractivity contribution in [3.05, 3.63) is 45.5 Å². The fourth-order valence-corrected chi connectivity index (χ4v) is 3.59. The molecule has 2 aromatic heterocycles. The van der Waals surface area contributed by atoms with Gasteiger partial charge in [0.2, 0.25) is 0 Å². The van der Waals surface area contributed by atoms with Crippen LogP contribution in [-0.4, -0.2) is 45.1 Å². The van der Waals surface area contributed by atoms with E-state index in [0.29, 0.717) is 23.8 Å². The molecular formula is C20H27ClN4O3. The first-order valence-corrected chi connectivity index (χ1v) is 9.98. The Balaban J connectivity index is 1.69. The van der Waals surface area contributed by atoms with Crippen LogP contribution in [0.5, 0.6) is 0 Å². The third-order valence-corrected chi connectivity index (χ3v) is 4.90. The Bertz CT molecular complexity index is 906. The molecule has 0 spiro atoms. The van der Waals surface area contributed by atoms with E-state index in [2.05, 4.69) is 15.2 Å². The topological polar surface area (TPSA) is 75.9 Å². The number of nitrogens with zero attached hydrogens (tertiary/aromatic N) is 3. The number of nitrogens with one attached hydrogen (secondary N) is 1. The molecule has 28 heavy (non-hydrogen) atoms. The van der Waals surface area contributed by atoms with E-state index in [4.69, 9.17) is 16.3 Å². The van der Waals surface area contributed by atoms with Crippen LogP contribution in [-0.2, 0) is 11.3 Å². The van der Waals surface area contributed by atoms with Crippen molar-refractivity contribution < 1.29 is 9.53 Å². The number of fused-ring (bicyclic) bond motifs is 1. The zero-order valence-corrected chi connectivity index (χ0v) is 17.3. The molecule has 3 rings (SSSR count). The fraction of sp³-hybridized carbons (Fsp3) is 0.550. The van der Waals surface area contributed by atoms with Crippen molar-refractivity contribution in [3.8, 4) is 0 Å². The number of carbonyl (C=O) groups is 1. The average molecular weight is 407 g/mol. The van der Waals surface area contributed by atoms with E-state index < -0.39 is 11.7 Å². The van der Waals surface area contributed by atoms with E-state index in [-0.39, 0.29) is 11.6 Å². The van der Waals surface area contributed by atoms with Gasteiger partial charge in [0.15, 0.2) is 0 Å². The van der Waals surface area contributed by atoms with Gasteiger partial charge in [-0.2, -0.15) is 0 Å². The minimum absolute atomic E-state index is 0.150. The summed E-state index contributed by atoms with van der Waals surface area (Å²) < 4.78 is 6.77. The molecule has 1 amide bonds. The molecule has 0 aromatic carbocycles. The molecule has 3 heterocycles. The van der Waals surface area contributed by atoms with Crippen molar-refractivity contribution in [3.63, 3.8) is 0 Å². The van der Waals surface area contributed by atoms with E-state index in [1.807, 2.05) is 20.8 Å². The van der Waals surface area contributed by atoms with Crippen LogP contribution in [0.3, 0.4) is 0 Å². The molecule has 0 aliphatic carbocycles. The summed E-state index contributed by atoms with van der Waals surface area (Å²) in [7, 11) is 0. The number of rotatable bonds is 4.